The highest BCUT2D eigenvalue weighted by molar-refractivity contribution is 7.89. The van der Waals surface area contributed by atoms with Gasteiger partial charge in [-0.1, -0.05) is 6.07 Å². The van der Waals surface area contributed by atoms with Crippen molar-refractivity contribution in [1.82, 2.24) is 4.31 Å². The van der Waals surface area contributed by atoms with E-state index in [4.69, 9.17) is 14.2 Å². The number of nitrogens with zero attached hydrogens (tertiary/aromatic N) is 1. The SMILES string of the molecule is COc1cc2c(cc1/C=C/C(=O)OCC(=O)Nc1ccc(C)c(S(=O)(=O)N(C)C)c1)OC(C)C2. The molecule has 0 radical (unpaired) electrons. The van der Waals surface area contributed by atoms with Crippen molar-refractivity contribution in [3.05, 3.63) is 53.1 Å². The van der Waals surface area contributed by atoms with E-state index in [1.54, 1.807) is 32.2 Å². The van der Waals surface area contributed by atoms with Crippen LogP contribution < -0.4 is 14.8 Å². The van der Waals surface area contributed by atoms with E-state index >= 15 is 0 Å². The zero-order chi connectivity index (χ0) is 25.0. The molecule has 1 heterocycles. The Kier molecular flexibility index (Phi) is 7.63. The maximum absolute atomic E-state index is 12.4. The highest BCUT2D eigenvalue weighted by atomic mass is 32.2. The molecule has 3 rings (SSSR count). The second-order valence-electron chi connectivity index (χ2n) is 8.09. The lowest BCUT2D eigenvalue weighted by Gasteiger charge is -2.15. The van der Waals surface area contributed by atoms with E-state index in [0.29, 0.717) is 16.9 Å². The van der Waals surface area contributed by atoms with Gasteiger partial charge in [0.05, 0.1) is 12.0 Å². The lowest BCUT2D eigenvalue weighted by Crippen LogP contribution is -2.24. The van der Waals surface area contributed by atoms with Crippen LogP contribution in [0, 0.1) is 6.92 Å². The first kappa shape index (κ1) is 25.3. The number of anilines is 1. The summed E-state index contributed by atoms with van der Waals surface area (Å²) in [7, 11) is 0.732. The van der Waals surface area contributed by atoms with Gasteiger partial charge in [0.15, 0.2) is 6.61 Å². The summed E-state index contributed by atoms with van der Waals surface area (Å²) in [5.41, 5.74) is 2.51. The average molecular weight is 489 g/mol. The zero-order valence-corrected chi connectivity index (χ0v) is 20.6. The van der Waals surface area contributed by atoms with Crippen LogP contribution in [0.25, 0.3) is 6.08 Å². The van der Waals surface area contributed by atoms with Crippen LogP contribution in [0.3, 0.4) is 0 Å². The van der Waals surface area contributed by atoms with Gasteiger partial charge in [-0.3, -0.25) is 4.79 Å². The first-order chi connectivity index (χ1) is 16.0. The van der Waals surface area contributed by atoms with Crippen LogP contribution in [0.5, 0.6) is 11.5 Å². The highest BCUT2D eigenvalue weighted by Gasteiger charge is 2.22. The number of fused-ring (bicyclic) bond motifs is 1. The molecule has 9 nitrogen and oxygen atoms in total. The van der Waals surface area contributed by atoms with Crippen molar-refractivity contribution in [2.24, 2.45) is 0 Å². The van der Waals surface area contributed by atoms with Crippen LogP contribution in [0.1, 0.15) is 23.6 Å². The number of carbonyl (C=O) groups excluding carboxylic acids is 2. The van der Waals surface area contributed by atoms with Crippen molar-refractivity contribution >= 4 is 33.7 Å². The second-order valence-corrected chi connectivity index (χ2v) is 10.2. The number of rotatable bonds is 8. The molecular formula is C24H28N2O7S. The molecule has 1 amide bonds. The molecule has 2 aromatic rings. The Labute approximate surface area is 199 Å². The summed E-state index contributed by atoms with van der Waals surface area (Å²) >= 11 is 0. The van der Waals surface area contributed by atoms with E-state index in [2.05, 4.69) is 5.32 Å². The molecular weight excluding hydrogens is 460 g/mol. The summed E-state index contributed by atoms with van der Waals surface area (Å²) in [6, 6.07) is 8.21. The van der Waals surface area contributed by atoms with Crippen molar-refractivity contribution in [3.63, 3.8) is 0 Å². The molecule has 1 unspecified atom stereocenters. The van der Waals surface area contributed by atoms with Crippen molar-refractivity contribution in [3.8, 4) is 11.5 Å². The number of aryl methyl sites for hydroxylation is 1. The molecule has 0 aromatic heterocycles. The van der Waals surface area contributed by atoms with Gasteiger partial charge in [0.2, 0.25) is 10.0 Å². The lowest BCUT2D eigenvalue weighted by molar-refractivity contribution is -0.142. The van der Waals surface area contributed by atoms with Gasteiger partial charge in [-0.2, -0.15) is 0 Å². The summed E-state index contributed by atoms with van der Waals surface area (Å²) in [6.07, 6.45) is 3.60. The van der Waals surface area contributed by atoms with E-state index in [0.717, 1.165) is 22.0 Å². The van der Waals surface area contributed by atoms with Gasteiger partial charge >= 0.3 is 5.97 Å². The summed E-state index contributed by atoms with van der Waals surface area (Å²) in [5, 5.41) is 2.54. The van der Waals surface area contributed by atoms with E-state index in [1.165, 1.54) is 32.3 Å². The molecule has 0 spiro atoms. The molecule has 0 bridgehead atoms. The largest absolute Gasteiger partial charge is 0.496 e. The van der Waals surface area contributed by atoms with E-state index in [9.17, 15) is 18.0 Å². The fourth-order valence-electron chi connectivity index (χ4n) is 3.45. The number of hydrogen-bond donors (Lipinski definition) is 1. The third kappa shape index (κ3) is 5.75. The number of esters is 1. The third-order valence-electron chi connectivity index (χ3n) is 5.22. The average Bonchev–Trinajstić information content (AvgIpc) is 3.15. The molecule has 1 N–H and O–H groups in total. The number of ether oxygens (including phenoxy) is 3. The molecule has 1 atom stereocenters. The van der Waals surface area contributed by atoms with Gasteiger partial charge in [0.25, 0.3) is 5.91 Å². The van der Waals surface area contributed by atoms with E-state index in [-0.39, 0.29) is 16.7 Å². The second kappa shape index (κ2) is 10.3. The smallest absolute Gasteiger partial charge is 0.331 e. The molecule has 0 saturated carbocycles. The normalized spacial score (nSPS) is 15.2. The monoisotopic (exact) mass is 488 g/mol. The van der Waals surface area contributed by atoms with Crippen molar-refractivity contribution in [1.29, 1.82) is 0 Å². The molecule has 0 saturated heterocycles. The van der Waals surface area contributed by atoms with Gasteiger partial charge in [0, 0.05) is 43.4 Å². The van der Waals surface area contributed by atoms with Crippen molar-refractivity contribution in [2.45, 2.75) is 31.3 Å². The van der Waals surface area contributed by atoms with Crippen LogP contribution in [0.15, 0.2) is 41.3 Å². The number of amides is 1. The molecule has 34 heavy (non-hydrogen) atoms. The fourth-order valence-corrected chi connectivity index (χ4v) is 4.60. The first-order valence-electron chi connectivity index (χ1n) is 10.6. The Morgan fingerprint density at radius 2 is 1.97 bits per heavy atom. The highest BCUT2D eigenvalue weighted by Crippen LogP contribution is 2.35. The van der Waals surface area contributed by atoms with E-state index in [1.807, 2.05) is 13.0 Å². The fraction of sp³-hybridized carbons (Fsp3) is 0.333. The minimum atomic E-state index is -3.67. The Bertz CT molecular complexity index is 1240. The lowest BCUT2D eigenvalue weighted by atomic mass is 10.1. The number of sulfonamides is 1. The van der Waals surface area contributed by atoms with Gasteiger partial charge in [-0.15, -0.1) is 0 Å². The maximum Gasteiger partial charge on any atom is 0.331 e. The third-order valence-corrected chi connectivity index (χ3v) is 7.18. The van der Waals surface area contributed by atoms with Gasteiger partial charge in [-0.05, 0) is 49.8 Å². The Morgan fingerprint density at radius 1 is 1.24 bits per heavy atom. The zero-order valence-electron chi connectivity index (χ0n) is 19.7. The van der Waals surface area contributed by atoms with Crippen molar-refractivity contribution < 1.29 is 32.2 Å². The minimum absolute atomic E-state index is 0.0787. The Morgan fingerprint density at radius 3 is 2.65 bits per heavy atom. The van der Waals surface area contributed by atoms with Gasteiger partial charge < -0.3 is 19.5 Å². The molecule has 1 aliphatic rings. The van der Waals surface area contributed by atoms with Gasteiger partial charge in [-0.25, -0.2) is 17.5 Å². The molecule has 2 aromatic carbocycles. The standard InChI is InChI=1S/C24H28N2O7S/c1-15-6-8-19(13-22(15)34(29,30)26(3)4)25-23(27)14-32-24(28)9-7-17-11-21-18(10-16(2)33-21)12-20(17)31-5/h6-9,11-13,16H,10,14H2,1-5H3,(H,25,27)/b9-7+. The van der Waals surface area contributed by atoms with Crippen LogP contribution in [0.4, 0.5) is 5.69 Å². The first-order valence-corrected chi connectivity index (χ1v) is 12.0. The number of nitrogens with one attached hydrogen (secondary N) is 1. The summed E-state index contributed by atoms with van der Waals surface area (Å²) in [5.74, 6) is 0.0265. The molecule has 0 fully saturated rings. The van der Waals surface area contributed by atoms with Crippen LogP contribution in [-0.2, 0) is 30.8 Å². The Balaban J connectivity index is 1.61. The number of benzene rings is 2. The quantitative estimate of drug-likeness (QED) is 0.449. The molecule has 0 aliphatic carbocycles. The summed E-state index contributed by atoms with van der Waals surface area (Å²) in [6.45, 7) is 3.11. The van der Waals surface area contributed by atoms with Gasteiger partial charge in [0.1, 0.15) is 17.6 Å². The topological polar surface area (TPSA) is 111 Å². The number of methoxy groups -OCH3 is 1. The maximum atomic E-state index is 12.4. The predicted molar refractivity (Wildman–Crippen MR) is 127 cm³/mol. The minimum Gasteiger partial charge on any atom is -0.496 e. The summed E-state index contributed by atoms with van der Waals surface area (Å²) < 4.78 is 42.1. The van der Waals surface area contributed by atoms with Crippen LogP contribution in [0.2, 0.25) is 0 Å². The molecule has 1 aliphatic heterocycles. The Hall–Kier alpha value is -3.37. The van der Waals surface area contributed by atoms with Crippen LogP contribution in [-0.4, -0.2) is 58.5 Å². The van der Waals surface area contributed by atoms with Crippen LogP contribution >= 0.6 is 0 Å². The van der Waals surface area contributed by atoms with E-state index < -0.39 is 28.5 Å². The molecule has 182 valence electrons. The number of hydrogen-bond acceptors (Lipinski definition) is 7. The van der Waals surface area contributed by atoms with Crippen molar-refractivity contribution in [2.75, 3.05) is 33.1 Å². The molecule has 10 heteroatoms. The number of carbonyl (C=O) groups is 2. The summed E-state index contributed by atoms with van der Waals surface area (Å²) in [4.78, 5) is 24.4. The predicted octanol–water partition coefficient (Wildman–Crippen LogP) is 2.77.